The van der Waals surface area contributed by atoms with Crippen molar-refractivity contribution in [1.82, 2.24) is 0 Å². The van der Waals surface area contributed by atoms with Gasteiger partial charge in [0.15, 0.2) is 11.5 Å². The summed E-state index contributed by atoms with van der Waals surface area (Å²) in [7, 11) is 3.28. The Balaban J connectivity index is 0.00000220. The molecule has 0 heterocycles. The normalized spacial score (nSPS) is 11.4. The molecule has 21 heavy (non-hydrogen) atoms. The van der Waals surface area contributed by atoms with Gasteiger partial charge in [-0.15, -0.1) is 12.4 Å². The van der Waals surface area contributed by atoms with Crippen LogP contribution in [-0.4, -0.2) is 20.3 Å². The van der Waals surface area contributed by atoms with Gasteiger partial charge in [-0.05, 0) is 36.1 Å². The smallest absolute Gasteiger partial charge is 0.160 e. The van der Waals surface area contributed by atoms with Gasteiger partial charge in [0.2, 0.25) is 0 Å². The van der Waals surface area contributed by atoms with E-state index in [1.807, 2.05) is 36.4 Å². The van der Waals surface area contributed by atoms with E-state index in [0.717, 1.165) is 29.9 Å². The third kappa shape index (κ3) is 4.96. The lowest BCUT2D eigenvalue weighted by molar-refractivity contribution is 0.354. The summed E-state index contributed by atoms with van der Waals surface area (Å²) in [5.74, 6) is 1.49. The molecule has 2 aromatic carbocycles. The second-order valence-corrected chi connectivity index (χ2v) is 4.84. The third-order valence-corrected chi connectivity index (χ3v) is 3.29. The van der Waals surface area contributed by atoms with Gasteiger partial charge in [0.25, 0.3) is 0 Å². The van der Waals surface area contributed by atoms with Crippen LogP contribution < -0.4 is 15.2 Å². The second-order valence-electron chi connectivity index (χ2n) is 4.84. The Hall–Kier alpha value is -1.71. The first kappa shape index (κ1) is 17.3. The fraction of sp³-hybridized carbons (Fsp3) is 0.294. The zero-order valence-corrected chi connectivity index (χ0v) is 13.2. The van der Waals surface area contributed by atoms with E-state index >= 15 is 0 Å². The molecule has 0 aromatic heterocycles. The Kier molecular flexibility index (Phi) is 7.06. The second kappa shape index (κ2) is 8.55. The van der Waals surface area contributed by atoms with E-state index in [-0.39, 0.29) is 18.4 Å². The molecule has 1 atom stereocenters. The average Bonchev–Trinajstić information content (AvgIpc) is 2.48. The first-order valence-electron chi connectivity index (χ1n) is 6.73. The van der Waals surface area contributed by atoms with Crippen LogP contribution in [0, 0.1) is 0 Å². The van der Waals surface area contributed by atoms with Crippen LogP contribution in [0.1, 0.15) is 11.1 Å². The molecule has 1 unspecified atom stereocenters. The van der Waals surface area contributed by atoms with Gasteiger partial charge in [0.05, 0.1) is 14.2 Å². The summed E-state index contributed by atoms with van der Waals surface area (Å²) < 4.78 is 10.5. The Morgan fingerprint density at radius 3 is 2.10 bits per heavy atom. The van der Waals surface area contributed by atoms with Gasteiger partial charge in [0, 0.05) is 6.04 Å². The molecule has 0 fully saturated rings. The minimum atomic E-state index is 0. The first-order valence-corrected chi connectivity index (χ1v) is 6.73. The number of halogens is 1. The summed E-state index contributed by atoms with van der Waals surface area (Å²) in [6.45, 7) is 0. The molecular weight excluding hydrogens is 286 g/mol. The van der Waals surface area contributed by atoms with Crippen LogP contribution in [0.5, 0.6) is 11.5 Å². The predicted molar refractivity (Wildman–Crippen MR) is 88.6 cm³/mol. The standard InChI is InChI=1S/C17H21NO2.ClH/c1-19-16-9-8-14(12-17(16)20-2)11-15(18)10-13-6-4-3-5-7-13;/h3-9,12,15H,10-11,18H2,1-2H3;1H. The average molecular weight is 308 g/mol. The van der Waals surface area contributed by atoms with Crippen LogP contribution in [0.2, 0.25) is 0 Å². The minimum Gasteiger partial charge on any atom is -0.493 e. The van der Waals surface area contributed by atoms with E-state index in [4.69, 9.17) is 15.2 Å². The molecule has 0 radical (unpaired) electrons. The molecule has 0 amide bonds. The largest absolute Gasteiger partial charge is 0.493 e. The van der Waals surface area contributed by atoms with Gasteiger partial charge in [0.1, 0.15) is 0 Å². The molecule has 0 bridgehead atoms. The highest BCUT2D eigenvalue weighted by atomic mass is 35.5. The van der Waals surface area contributed by atoms with Crippen molar-refractivity contribution in [2.24, 2.45) is 5.73 Å². The Bertz CT molecular complexity index is 546. The molecular formula is C17H22ClNO2. The van der Waals surface area contributed by atoms with Crippen molar-refractivity contribution in [3.05, 3.63) is 59.7 Å². The lowest BCUT2D eigenvalue weighted by atomic mass is 9.99. The number of hydrogen-bond acceptors (Lipinski definition) is 3. The lowest BCUT2D eigenvalue weighted by Crippen LogP contribution is -2.25. The number of methoxy groups -OCH3 is 2. The van der Waals surface area contributed by atoms with Gasteiger partial charge in [-0.25, -0.2) is 0 Å². The zero-order valence-electron chi connectivity index (χ0n) is 12.4. The molecule has 0 saturated carbocycles. The van der Waals surface area contributed by atoms with Crippen molar-refractivity contribution in [3.8, 4) is 11.5 Å². The lowest BCUT2D eigenvalue weighted by Gasteiger charge is -2.14. The molecule has 4 heteroatoms. The summed E-state index contributed by atoms with van der Waals surface area (Å²) in [5, 5.41) is 0. The van der Waals surface area contributed by atoms with Gasteiger partial charge in [-0.3, -0.25) is 0 Å². The van der Waals surface area contributed by atoms with Crippen LogP contribution in [0.4, 0.5) is 0 Å². The Morgan fingerprint density at radius 2 is 1.48 bits per heavy atom. The monoisotopic (exact) mass is 307 g/mol. The highest BCUT2D eigenvalue weighted by Crippen LogP contribution is 2.28. The van der Waals surface area contributed by atoms with Crippen molar-refractivity contribution < 1.29 is 9.47 Å². The van der Waals surface area contributed by atoms with Crippen LogP contribution in [0.3, 0.4) is 0 Å². The number of benzene rings is 2. The fourth-order valence-electron chi connectivity index (χ4n) is 2.30. The maximum atomic E-state index is 6.23. The van der Waals surface area contributed by atoms with Gasteiger partial charge in [-0.1, -0.05) is 36.4 Å². The minimum absolute atomic E-state index is 0. The molecule has 3 nitrogen and oxygen atoms in total. The molecule has 114 valence electrons. The van der Waals surface area contributed by atoms with Crippen LogP contribution >= 0.6 is 12.4 Å². The summed E-state index contributed by atoms with van der Waals surface area (Å²) in [6.07, 6.45) is 1.68. The van der Waals surface area contributed by atoms with Gasteiger partial charge in [-0.2, -0.15) is 0 Å². The quantitative estimate of drug-likeness (QED) is 0.891. The van der Waals surface area contributed by atoms with E-state index < -0.39 is 0 Å². The molecule has 2 aromatic rings. The highest BCUT2D eigenvalue weighted by molar-refractivity contribution is 5.85. The molecule has 0 saturated heterocycles. The van der Waals surface area contributed by atoms with Crippen LogP contribution in [-0.2, 0) is 12.8 Å². The Morgan fingerprint density at radius 1 is 0.857 bits per heavy atom. The molecule has 0 spiro atoms. The third-order valence-electron chi connectivity index (χ3n) is 3.29. The van der Waals surface area contributed by atoms with Crippen molar-refractivity contribution in [1.29, 1.82) is 0 Å². The topological polar surface area (TPSA) is 44.5 Å². The first-order chi connectivity index (χ1) is 9.72. The molecule has 0 aliphatic carbocycles. The van der Waals surface area contributed by atoms with E-state index in [1.54, 1.807) is 14.2 Å². The number of hydrogen-bond donors (Lipinski definition) is 1. The fourth-order valence-corrected chi connectivity index (χ4v) is 2.30. The molecule has 2 N–H and O–H groups in total. The van der Waals surface area contributed by atoms with Crippen molar-refractivity contribution in [2.75, 3.05) is 14.2 Å². The van der Waals surface area contributed by atoms with E-state index in [2.05, 4.69) is 12.1 Å². The number of nitrogens with two attached hydrogens (primary N) is 1. The summed E-state index contributed by atoms with van der Waals surface area (Å²) in [4.78, 5) is 0. The van der Waals surface area contributed by atoms with Crippen LogP contribution in [0.15, 0.2) is 48.5 Å². The number of rotatable bonds is 6. The van der Waals surface area contributed by atoms with Crippen molar-refractivity contribution in [2.45, 2.75) is 18.9 Å². The maximum absolute atomic E-state index is 6.23. The van der Waals surface area contributed by atoms with E-state index in [9.17, 15) is 0 Å². The highest BCUT2D eigenvalue weighted by Gasteiger charge is 2.09. The van der Waals surface area contributed by atoms with Gasteiger partial charge >= 0.3 is 0 Å². The molecule has 0 aliphatic rings. The zero-order chi connectivity index (χ0) is 14.4. The van der Waals surface area contributed by atoms with Crippen LogP contribution in [0.25, 0.3) is 0 Å². The van der Waals surface area contributed by atoms with E-state index in [0.29, 0.717) is 0 Å². The van der Waals surface area contributed by atoms with Crippen molar-refractivity contribution >= 4 is 12.4 Å². The SMILES string of the molecule is COc1ccc(CC(N)Cc2ccccc2)cc1OC.Cl. The summed E-state index contributed by atoms with van der Waals surface area (Å²) in [5.41, 5.74) is 8.65. The van der Waals surface area contributed by atoms with E-state index in [1.165, 1.54) is 5.56 Å². The summed E-state index contributed by atoms with van der Waals surface area (Å²) >= 11 is 0. The Labute approximate surface area is 132 Å². The molecule has 2 rings (SSSR count). The summed E-state index contributed by atoms with van der Waals surface area (Å²) in [6, 6.07) is 16.3. The predicted octanol–water partition coefficient (Wildman–Crippen LogP) is 3.24. The van der Waals surface area contributed by atoms with Gasteiger partial charge < -0.3 is 15.2 Å². The number of ether oxygens (including phenoxy) is 2. The maximum Gasteiger partial charge on any atom is 0.160 e. The molecule has 0 aliphatic heterocycles. The van der Waals surface area contributed by atoms with Crippen molar-refractivity contribution in [3.63, 3.8) is 0 Å².